The molecule has 2 unspecified atom stereocenters. The van der Waals surface area contributed by atoms with Crippen LogP contribution in [0.1, 0.15) is 30.0 Å². The SMILES string of the molecule is CCOC(=O)C1CN(CC2=Cc3ccc(OC)cc32)CCC1OCc1ccccc1. The summed E-state index contributed by atoms with van der Waals surface area (Å²) in [5.41, 5.74) is 4.89. The number of fused-ring (bicyclic) bond motifs is 1. The van der Waals surface area contributed by atoms with Crippen molar-refractivity contribution in [2.24, 2.45) is 5.92 Å². The monoisotopic (exact) mass is 407 g/mol. The molecule has 1 fully saturated rings. The van der Waals surface area contributed by atoms with Crippen molar-refractivity contribution >= 4 is 17.6 Å². The highest BCUT2D eigenvalue weighted by atomic mass is 16.5. The van der Waals surface area contributed by atoms with Crippen LogP contribution in [0, 0.1) is 5.92 Å². The molecule has 5 heteroatoms. The predicted octanol–water partition coefficient (Wildman–Crippen LogP) is 4.02. The third-order valence-corrected chi connectivity index (χ3v) is 5.86. The van der Waals surface area contributed by atoms with E-state index in [0.717, 1.165) is 30.8 Å². The molecular formula is C25H29NO4. The number of carbonyl (C=O) groups excluding carboxylic acids is 1. The molecule has 0 bridgehead atoms. The lowest BCUT2D eigenvalue weighted by molar-refractivity contribution is -0.158. The van der Waals surface area contributed by atoms with Crippen LogP contribution in [0.5, 0.6) is 5.75 Å². The van der Waals surface area contributed by atoms with Crippen LogP contribution in [0.25, 0.3) is 11.6 Å². The molecular weight excluding hydrogens is 378 g/mol. The Labute approximate surface area is 178 Å². The van der Waals surface area contributed by atoms with Crippen LogP contribution in [0.15, 0.2) is 48.5 Å². The highest BCUT2D eigenvalue weighted by molar-refractivity contribution is 5.96. The van der Waals surface area contributed by atoms with Crippen LogP contribution >= 0.6 is 0 Å². The largest absolute Gasteiger partial charge is 0.497 e. The topological polar surface area (TPSA) is 48.0 Å². The molecule has 0 aromatic heterocycles. The fraction of sp³-hybridized carbons (Fsp3) is 0.400. The summed E-state index contributed by atoms with van der Waals surface area (Å²) in [5, 5.41) is 0. The van der Waals surface area contributed by atoms with E-state index in [1.807, 2.05) is 43.3 Å². The van der Waals surface area contributed by atoms with Gasteiger partial charge in [0, 0.05) is 19.6 Å². The first-order chi connectivity index (χ1) is 14.7. The molecule has 0 amide bonds. The van der Waals surface area contributed by atoms with Crippen molar-refractivity contribution < 1.29 is 19.0 Å². The second kappa shape index (κ2) is 9.45. The number of nitrogens with zero attached hydrogens (tertiary/aromatic N) is 1. The summed E-state index contributed by atoms with van der Waals surface area (Å²) in [6.07, 6.45) is 2.91. The van der Waals surface area contributed by atoms with Crippen molar-refractivity contribution in [3.8, 4) is 5.75 Å². The zero-order valence-electron chi connectivity index (χ0n) is 17.7. The Morgan fingerprint density at radius 2 is 2.00 bits per heavy atom. The van der Waals surface area contributed by atoms with E-state index >= 15 is 0 Å². The molecule has 0 N–H and O–H groups in total. The molecule has 5 nitrogen and oxygen atoms in total. The molecule has 0 saturated carbocycles. The van der Waals surface area contributed by atoms with Crippen LogP contribution in [0.4, 0.5) is 0 Å². The summed E-state index contributed by atoms with van der Waals surface area (Å²) in [6.45, 7) is 5.11. The number of carbonyl (C=O) groups is 1. The van der Waals surface area contributed by atoms with Gasteiger partial charge in [0.1, 0.15) is 5.75 Å². The summed E-state index contributed by atoms with van der Waals surface area (Å²) in [6, 6.07) is 16.2. The lowest BCUT2D eigenvalue weighted by atomic mass is 9.87. The zero-order valence-corrected chi connectivity index (χ0v) is 17.7. The van der Waals surface area contributed by atoms with Crippen molar-refractivity contribution in [1.82, 2.24) is 4.90 Å². The van der Waals surface area contributed by atoms with Gasteiger partial charge in [-0.2, -0.15) is 0 Å². The van der Waals surface area contributed by atoms with Crippen molar-refractivity contribution in [2.75, 3.05) is 33.4 Å². The first kappa shape index (κ1) is 20.6. The molecule has 4 rings (SSSR count). The van der Waals surface area contributed by atoms with E-state index in [2.05, 4.69) is 23.1 Å². The Balaban J connectivity index is 1.39. The van der Waals surface area contributed by atoms with E-state index in [-0.39, 0.29) is 18.0 Å². The minimum Gasteiger partial charge on any atom is -0.497 e. The maximum absolute atomic E-state index is 12.7. The molecule has 1 saturated heterocycles. The summed E-state index contributed by atoms with van der Waals surface area (Å²) in [7, 11) is 1.69. The summed E-state index contributed by atoms with van der Waals surface area (Å²) >= 11 is 0. The fourth-order valence-electron chi connectivity index (χ4n) is 4.22. The minimum absolute atomic E-state index is 0.122. The average molecular weight is 408 g/mol. The van der Waals surface area contributed by atoms with Crippen molar-refractivity contribution in [3.63, 3.8) is 0 Å². The highest BCUT2D eigenvalue weighted by Gasteiger charge is 2.37. The zero-order chi connectivity index (χ0) is 20.9. The Kier molecular flexibility index (Phi) is 6.50. The Morgan fingerprint density at radius 3 is 2.77 bits per heavy atom. The number of ether oxygens (including phenoxy) is 3. The molecule has 1 aliphatic carbocycles. The summed E-state index contributed by atoms with van der Waals surface area (Å²) in [4.78, 5) is 15.0. The van der Waals surface area contributed by atoms with Gasteiger partial charge in [-0.1, -0.05) is 36.4 Å². The van der Waals surface area contributed by atoms with Gasteiger partial charge in [0.05, 0.1) is 32.3 Å². The number of hydrogen-bond donors (Lipinski definition) is 0. The maximum Gasteiger partial charge on any atom is 0.312 e. The van der Waals surface area contributed by atoms with Gasteiger partial charge >= 0.3 is 5.97 Å². The Bertz CT molecular complexity index is 909. The number of esters is 1. The normalized spacial score (nSPS) is 20.7. The molecule has 2 aromatic rings. The van der Waals surface area contributed by atoms with E-state index in [9.17, 15) is 4.79 Å². The number of rotatable bonds is 8. The quantitative estimate of drug-likeness (QED) is 0.619. The summed E-state index contributed by atoms with van der Waals surface area (Å²) in [5.74, 6) is 0.439. The minimum atomic E-state index is -0.270. The molecule has 1 aliphatic heterocycles. The van der Waals surface area contributed by atoms with Gasteiger partial charge in [0.25, 0.3) is 0 Å². The van der Waals surface area contributed by atoms with Gasteiger partial charge in [-0.3, -0.25) is 9.69 Å². The van der Waals surface area contributed by atoms with E-state index < -0.39 is 0 Å². The van der Waals surface area contributed by atoms with E-state index in [1.54, 1.807) is 7.11 Å². The second-order valence-electron chi connectivity index (χ2n) is 7.84. The van der Waals surface area contributed by atoms with Crippen LogP contribution < -0.4 is 4.74 Å². The number of methoxy groups -OCH3 is 1. The van der Waals surface area contributed by atoms with Gasteiger partial charge in [-0.15, -0.1) is 0 Å². The standard InChI is InChI=1S/C25H29NO4/c1-3-29-25(27)23-16-26(12-11-24(23)30-17-18-7-5-4-6-8-18)15-20-13-19-9-10-21(28-2)14-22(19)20/h4-10,13-14,23-24H,3,11-12,15-17H2,1-2H3. The van der Waals surface area contributed by atoms with Crippen LogP contribution in [-0.4, -0.2) is 50.3 Å². The maximum atomic E-state index is 12.7. The lowest BCUT2D eigenvalue weighted by Crippen LogP contribution is -2.48. The van der Waals surface area contributed by atoms with E-state index in [4.69, 9.17) is 14.2 Å². The van der Waals surface area contributed by atoms with Crippen molar-refractivity contribution in [1.29, 1.82) is 0 Å². The number of benzene rings is 2. The smallest absolute Gasteiger partial charge is 0.312 e. The molecule has 158 valence electrons. The van der Waals surface area contributed by atoms with E-state index in [1.165, 1.54) is 16.7 Å². The van der Waals surface area contributed by atoms with Gasteiger partial charge in [0.15, 0.2) is 0 Å². The van der Waals surface area contributed by atoms with Crippen molar-refractivity contribution in [3.05, 3.63) is 65.2 Å². The van der Waals surface area contributed by atoms with Gasteiger partial charge in [-0.25, -0.2) is 0 Å². The molecule has 1 heterocycles. The molecule has 0 spiro atoms. The highest BCUT2D eigenvalue weighted by Crippen LogP contribution is 2.36. The Hall–Kier alpha value is -2.63. The average Bonchev–Trinajstić information content (AvgIpc) is 2.77. The van der Waals surface area contributed by atoms with Gasteiger partial charge < -0.3 is 14.2 Å². The third kappa shape index (κ3) is 4.58. The molecule has 0 radical (unpaired) electrons. The first-order valence-electron chi connectivity index (χ1n) is 10.6. The van der Waals surface area contributed by atoms with Crippen molar-refractivity contribution in [2.45, 2.75) is 26.1 Å². The lowest BCUT2D eigenvalue weighted by Gasteiger charge is -2.38. The summed E-state index contributed by atoms with van der Waals surface area (Å²) < 4.78 is 16.9. The number of hydrogen-bond acceptors (Lipinski definition) is 5. The van der Waals surface area contributed by atoms with Crippen LogP contribution in [0.2, 0.25) is 0 Å². The Morgan fingerprint density at radius 1 is 1.17 bits per heavy atom. The van der Waals surface area contributed by atoms with Gasteiger partial charge in [0.2, 0.25) is 0 Å². The van der Waals surface area contributed by atoms with E-state index in [0.29, 0.717) is 19.8 Å². The molecule has 2 aromatic carbocycles. The second-order valence-corrected chi connectivity index (χ2v) is 7.84. The molecule has 2 aliphatic rings. The fourth-order valence-corrected chi connectivity index (χ4v) is 4.22. The van der Waals surface area contributed by atoms with Crippen LogP contribution in [-0.2, 0) is 20.9 Å². The molecule has 30 heavy (non-hydrogen) atoms. The van der Waals surface area contributed by atoms with Gasteiger partial charge in [-0.05, 0) is 53.8 Å². The predicted molar refractivity (Wildman–Crippen MR) is 117 cm³/mol. The third-order valence-electron chi connectivity index (χ3n) is 5.86. The number of likely N-dealkylation sites (tertiary alicyclic amines) is 1. The van der Waals surface area contributed by atoms with Crippen LogP contribution in [0.3, 0.4) is 0 Å². The molecule has 2 atom stereocenters. The number of piperidine rings is 1. The first-order valence-corrected chi connectivity index (χ1v) is 10.6.